The number of anilines is 1. The summed E-state index contributed by atoms with van der Waals surface area (Å²) in [6.07, 6.45) is 5.49. The quantitative estimate of drug-likeness (QED) is 0.530. The first kappa shape index (κ1) is 9.06. The molecule has 64 valence electrons. The van der Waals surface area contributed by atoms with E-state index in [4.69, 9.17) is 0 Å². The number of aliphatic imine (C=N–C) groups is 1. The molecule has 1 aromatic heterocycles. The van der Waals surface area contributed by atoms with Gasteiger partial charge in [-0.3, -0.25) is 9.98 Å². The van der Waals surface area contributed by atoms with Crippen LogP contribution < -0.4 is 5.32 Å². The number of hydrogen-bond acceptors (Lipinski definition) is 3. The van der Waals surface area contributed by atoms with E-state index in [0.29, 0.717) is 0 Å². The first-order valence-electron chi connectivity index (χ1n) is 3.54. The highest BCUT2D eigenvalue weighted by atomic mass is 32.2. The van der Waals surface area contributed by atoms with Crippen LogP contribution in [-0.4, -0.2) is 23.5 Å². The number of thioether (sulfide) groups is 1. The van der Waals surface area contributed by atoms with Crippen molar-refractivity contribution in [2.45, 2.75) is 0 Å². The van der Waals surface area contributed by atoms with Crippen LogP contribution in [0.4, 0.5) is 5.69 Å². The minimum Gasteiger partial charge on any atom is -0.334 e. The molecule has 0 aliphatic carbocycles. The van der Waals surface area contributed by atoms with Crippen molar-refractivity contribution in [3.8, 4) is 0 Å². The minimum atomic E-state index is 0.892. The largest absolute Gasteiger partial charge is 0.334 e. The van der Waals surface area contributed by atoms with Gasteiger partial charge in [0.05, 0.1) is 11.9 Å². The lowest BCUT2D eigenvalue weighted by molar-refractivity contribution is 1.33. The van der Waals surface area contributed by atoms with Crippen molar-refractivity contribution in [3.05, 3.63) is 24.5 Å². The van der Waals surface area contributed by atoms with Crippen molar-refractivity contribution in [1.29, 1.82) is 0 Å². The Morgan fingerprint density at radius 3 is 3.00 bits per heavy atom. The zero-order valence-electron chi connectivity index (χ0n) is 7.11. The molecule has 1 N–H and O–H groups in total. The third-order valence-corrected chi connectivity index (χ3v) is 1.98. The molecule has 0 aliphatic rings. The van der Waals surface area contributed by atoms with Crippen molar-refractivity contribution in [1.82, 2.24) is 4.98 Å². The summed E-state index contributed by atoms with van der Waals surface area (Å²) in [6, 6.07) is 3.84. The molecule has 0 amide bonds. The summed E-state index contributed by atoms with van der Waals surface area (Å²) in [5.41, 5.74) is 0.965. The summed E-state index contributed by atoms with van der Waals surface area (Å²) in [6.45, 7) is 0. The summed E-state index contributed by atoms with van der Waals surface area (Å²) < 4.78 is 0. The Balaban J connectivity index is 2.64. The number of aromatic nitrogens is 1. The summed E-state index contributed by atoms with van der Waals surface area (Å²) in [7, 11) is 1.76. The van der Waals surface area contributed by atoms with Crippen LogP contribution in [0.1, 0.15) is 0 Å². The maximum atomic E-state index is 4.04. The lowest BCUT2D eigenvalue weighted by atomic mass is 10.4. The molecule has 0 saturated carbocycles. The van der Waals surface area contributed by atoms with Crippen molar-refractivity contribution < 1.29 is 0 Å². The van der Waals surface area contributed by atoms with E-state index >= 15 is 0 Å². The number of pyridine rings is 1. The topological polar surface area (TPSA) is 37.3 Å². The Morgan fingerprint density at radius 1 is 1.67 bits per heavy atom. The molecular formula is C8H11N3S. The molecule has 0 aliphatic heterocycles. The van der Waals surface area contributed by atoms with Crippen LogP contribution in [0.3, 0.4) is 0 Å². The number of amidine groups is 1. The van der Waals surface area contributed by atoms with Gasteiger partial charge in [-0.25, -0.2) is 0 Å². The van der Waals surface area contributed by atoms with Gasteiger partial charge >= 0.3 is 0 Å². The van der Waals surface area contributed by atoms with Crippen LogP contribution >= 0.6 is 11.8 Å². The third kappa shape index (κ3) is 2.54. The summed E-state index contributed by atoms with van der Waals surface area (Å²) >= 11 is 1.58. The molecule has 0 aromatic carbocycles. The van der Waals surface area contributed by atoms with Gasteiger partial charge in [0.1, 0.15) is 0 Å². The summed E-state index contributed by atoms with van der Waals surface area (Å²) in [5, 5.41) is 4.02. The molecule has 0 bridgehead atoms. The predicted octanol–water partition coefficient (Wildman–Crippen LogP) is 1.84. The monoisotopic (exact) mass is 181 g/mol. The molecule has 0 unspecified atom stereocenters. The molecule has 1 aromatic rings. The van der Waals surface area contributed by atoms with Crippen molar-refractivity contribution in [2.24, 2.45) is 4.99 Å². The molecule has 0 radical (unpaired) electrons. The van der Waals surface area contributed by atoms with Gasteiger partial charge in [-0.2, -0.15) is 0 Å². The molecule has 0 fully saturated rings. The highest BCUT2D eigenvalue weighted by Crippen LogP contribution is 2.06. The number of nitrogens with zero attached hydrogens (tertiary/aromatic N) is 2. The van der Waals surface area contributed by atoms with E-state index < -0.39 is 0 Å². The standard InChI is InChI=1S/C8H11N3S/c1-9-8(12-2)11-7-4-3-5-10-6-7/h3-6H,1-2H3,(H,9,11). The van der Waals surface area contributed by atoms with Crippen molar-refractivity contribution >= 4 is 22.6 Å². The van der Waals surface area contributed by atoms with Crippen LogP contribution in [0.5, 0.6) is 0 Å². The lowest BCUT2D eigenvalue weighted by Gasteiger charge is -2.04. The van der Waals surface area contributed by atoms with Crippen molar-refractivity contribution in [2.75, 3.05) is 18.6 Å². The maximum Gasteiger partial charge on any atom is 0.160 e. The van der Waals surface area contributed by atoms with Crippen LogP contribution in [0, 0.1) is 0 Å². The Labute approximate surface area is 76.3 Å². The second-order valence-corrected chi connectivity index (χ2v) is 2.89. The van der Waals surface area contributed by atoms with E-state index in [9.17, 15) is 0 Å². The zero-order chi connectivity index (χ0) is 8.81. The van der Waals surface area contributed by atoms with Gasteiger partial charge in [0.2, 0.25) is 0 Å². The zero-order valence-corrected chi connectivity index (χ0v) is 7.93. The molecule has 12 heavy (non-hydrogen) atoms. The maximum absolute atomic E-state index is 4.04. The van der Waals surface area contributed by atoms with E-state index in [1.165, 1.54) is 0 Å². The first-order valence-corrected chi connectivity index (χ1v) is 4.77. The molecule has 0 atom stereocenters. The molecular weight excluding hydrogens is 170 g/mol. The average molecular weight is 181 g/mol. The van der Waals surface area contributed by atoms with Crippen LogP contribution in [0.2, 0.25) is 0 Å². The molecule has 0 spiro atoms. The Morgan fingerprint density at radius 2 is 2.50 bits per heavy atom. The Hall–Kier alpha value is -1.03. The van der Waals surface area contributed by atoms with E-state index in [0.717, 1.165) is 10.9 Å². The lowest BCUT2D eigenvalue weighted by Crippen LogP contribution is -2.06. The second-order valence-electron chi connectivity index (χ2n) is 2.10. The molecule has 3 nitrogen and oxygen atoms in total. The summed E-state index contributed by atoms with van der Waals surface area (Å²) in [5.74, 6) is 0. The van der Waals surface area contributed by atoms with E-state index in [2.05, 4.69) is 15.3 Å². The van der Waals surface area contributed by atoms with Crippen LogP contribution in [0.15, 0.2) is 29.5 Å². The summed E-state index contributed by atoms with van der Waals surface area (Å²) in [4.78, 5) is 8.02. The van der Waals surface area contributed by atoms with Gasteiger partial charge in [0.25, 0.3) is 0 Å². The van der Waals surface area contributed by atoms with Crippen LogP contribution in [-0.2, 0) is 0 Å². The van der Waals surface area contributed by atoms with E-state index in [1.54, 1.807) is 31.2 Å². The average Bonchev–Trinajstić information content (AvgIpc) is 2.16. The van der Waals surface area contributed by atoms with Crippen LogP contribution in [0.25, 0.3) is 0 Å². The van der Waals surface area contributed by atoms with E-state index in [1.807, 2.05) is 18.4 Å². The fourth-order valence-corrected chi connectivity index (χ4v) is 1.16. The van der Waals surface area contributed by atoms with Gasteiger partial charge in [-0.15, -0.1) is 0 Å². The van der Waals surface area contributed by atoms with E-state index in [-0.39, 0.29) is 0 Å². The third-order valence-electron chi connectivity index (χ3n) is 1.31. The normalized spacial score (nSPS) is 11.3. The number of hydrogen-bond donors (Lipinski definition) is 1. The van der Waals surface area contributed by atoms with Gasteiger partial charge in [0.15, 0.2) is 5.17 Å². The van der Waals surface area contributed by atoms with Crippen molar-refractivity contribution in [3.63, 3.8) is 0 Å². The van der Waals surface area contributed by atoms with Gasteiger partial charge in [-0.1, -0.05) is 11.8 Å². The first-order chi connectivity index (χ1) is 5.86. The minimum absolute atomic E-state index is 0.892. The highest BCUT2D eigenvalue weighted by molar-refractivity contribution is 8.13. The fourth-order valence-electron chi connectivity index (χ4n) is 0.758. The SMILES string of the molecule is CN=C(Nc1cccnc1)SC. The number of rotatable bonds is 1. The molecule has 0 saturated heterocycles. The number of nitrogens with one attached hydrogen (secondary N) is 1. The Bertz CT molecular complexity index is 258. The Kier molecular flexibility index (Phi) is 3.60. The van der Waals surface area contributed by atoms with Gasteiger partial charge in [-0.05, 0) is 18.4 Å². The predicted molar refractivity (Wildman–Crippen MR) is 54.7 cm³/mol. The smallest absolute Gasteiger partial charge is 0.160 e. The van der Waals surface area contributed by atoms with Gasteiger partial charge in [0, 0.05) is 13.2 Å². The fraction of sp³-hybridized carbons (Fsp3) is 0.250. The molecule has 4 heteroatoms. The van der Waals surface area contributed by atoms with Gasteiger partial charge < -0.3 is 5.32 Å². The molecule has 1 heterocycles. The molecule has 1 rings (SSSR count). The highest BCUT2D eigenvalue weighted by Gasteiger charge is 1.94. The second kappa shape index (κ2) is 4.77.